The molecule has 2 unspecified atom stereocenters. The maximum absolute atomic E-state index is 12.1. The number of hydrogen-bond acceptors (Lipinski definition) is 1. The van der Waals surface area contributed by atoms with Crippen molar-refractivity contribution in [1.82, 2.24) is 0 Å². The average Bonchev–Trinajstić information content (AvgIpc) is 1.65. The molecule has 0 bridgehead atoms. The van der Waals surface area contributed by atoms with E-state index in [4.69, 9.17) is 0 Å². The Morgan fingerprint density at radius 2 is 1.86 bits per heavy atom. The van der Waals surface area contributed by atoms with Crippen molar-refractivity contribution < 1.29 is 4.39 Å². The fourth-order valence-corrected chi connectivity index (χ4v) is 0.563. The minimum Gasteiger partial charge on any atom is -0.247 e. The van der Waals surface area contributed by atoms with Crippen molar-refractivity contribution in [1.29, 1.82) is 0 Å². The third kappa shape index (κ3) is 2.92. The Bertz CT molecular complexity index is 45.3. The maximum atomic E-state index is 12.1. The highest BCUT2D eigenvalue weighted by Gasteiger charge is 2.06. The molecule has 0 spiro atoms. The van der Waals surface area contributed by atoms with E-state index in [0.29, 0.717) is 0 Å². The van der Waals surface area contributed by atoms with Gasteiger partial charge in [0.05, 0.1) is 0 Å². The highest BCUT2D eigenvalue weighted by molar-refractivity contribution is 7.99. The van der Waals surface area contributed by atoms with Crippen LogP contribution in [-0.2, 0) is 0 Å². The molecule has 0 heterocycles. The monoisotopic (exact) mass is 122 g/mol. The first-order chi connectivity index (χ1) is 3.18. The number of halogens is 1. The van der Waals surface area contributed by atoms with Gasteiger partial charge in [0.2, 0.25) is 0 Å². The van der Waals surface area contributed by atoms with Crippen LogP contribution in [0.3, 0.4) is 0 Å². The highest BCUT2D eigenvalue weighted by Crippen LogP contribution is 2.11. The minimum atomic E-state index is -0.671. The second-order valence-electron chi connectivity index (χ2n) is 1.62. The molecular formula is C5H11FS. The molecule has 0 nitrogen and oxygen atoms in total. The van der Waals surface area contributed by atoms with E-state index in [2.05, 4.69) is 0 Å². The third-order valence-electron chi connectivity index (χ3n) is 1.02. The van der Waals surface area contributed by atoms with Gasteiger partial charge in [-0.2, -0.15) is 11.8 Å². The first kappa shape index (κ1) is 7.28. The summed E-state index contributed by atoms with van der Waals surface area (Å²) in [6.45, 7) is 3.47. The van der Waals surface area contributed by atoms with E-state index < -0.39 is 6.17 Å². The lowest BCUT2D eigenvalue weighted by atomic mass is 10.3. The van der Waals surface area contributed by atoms with Crippen LogP contribution in [0, 0.1) is 0 Å². The summed E-state index contributed by atoms with van der Waals surface area (Å²) >= 11 is 1.56. The summed E-state index contributed by atoms with van der Waals surface area (Å²) in [4.78, 5) is 0. The van der Waals surface area contributed by atoms with E-state index in [9.17, 15) is 4.39 Å². The highest BCUT2D eigenvalue weighted by atomic mass is 32.2. The van der Waals surface area contributed by atoms with Gasteiger partial charge in [-0.25, -0.2) is 4.39 Å². The van der Waals surface area contributed by atoms with Crippen molar-refractivity contribution in [3.05, 3.63) is 0 Å². The standard InChI is InChI=1S/C5H11FS/c1-4(6)5(2)7-3/h4-5H,1-3H3. The fourth-order valence-electron chi connectivity index (χ4n) is 0.188. The van der Waals surface area contributed by atoms with Gasteiger partial charge in [-0.15, -0.1) is 0 Å². The van der Waals surface area contributed by atoms with Gasteiger partial charge in [-0.1, -0.05) is 6.92 Å². The van der Waals surface area contributed by atoms with Gasteiger partial charge < -0.3 is 0 Å². The van der Waals surface area contributed by atoms with Crippen molar-refractivity contribution in [3.8, 4) is 0 Å². The molecule has 0 aliphatic heterocycles. The molecule has 0 aliphatic carbocycles. The van der Waals surface area contributed by atoms with Gasteiger partial charge in [-0.05, 0) is 13.2 Å². The van der Waals surface area contributed by atoms with Crippen LogP contribution in [0.2, 0.25) is 0 Å². The predicted molar refractivity (Wildman–Crippen MR) is 33.5 cm³/mol. The molecule has 0 aliphatic rings. The molecule has 2 heteroatoms. The molecule has 7 heavy (non-hydrogen) atoms. The Hall–Kier alpha value is 0.280. The van der Waals surface area contributed by atoms with Gasteiger partial charge in [-0.3, -0.25) is 0 Å². The quantitative estimate of drug-likeness (QED) is 0.540. The molecule has 0 aromatic rings. The van der Waals surface area contributed by atoms with E-state index in [1.54, 1.807) is 18.7 Å². The van der Waals surface area contributed by atoms with Crippen LogP contribution in [0.1, 0.15) is 13.8 Å². The molecule has 0 N–H and O–H groups in total. The Labute approximate surface area is 48.5 Å². The van der Waals surface area contributed by atoms with Gasteiger partial charge in [0.1, 0.15) is 6.17 Å². The lowest BCUT2D eigenvalue weighted by Gasteiger charge is -2.06. The number of hydrogen-bond donors (Lipinski definition) is 0. The van der Waals surface area contributed by atoms with E-state index in [-0.39, 0.29) is 5.25 Å². The molecule has 2 atom stereocenters. The van der Waals surface area contributed by atoms with E-state index in [1.807, 2.05) is 13.2 Å². The number of rotatable bonds is 2. The molecule has 44 valence electrons. The lowest BCUT2D eigenvalue weighted by Crippen LogP contribution is -2.08. The maximum Gasteiger partial charge on any atom is 0.109 e. The predicted octanol–water partition coefficient (Wildman–Crippen LogP) is 2.10. The van der Waals surface area contributed by atoms with Crippen LogP contribution >= 0.6 is 11.8 Å². The van der Waals surface area contributed by atoms with Crippen molar-refractivity contribution in [2.75, 3.05) is 6.26 Å². The fraction of sp³-hybridized carbons (Fsp3) is 1.00. The van der Waals surface area contributed by atoms with Crippen LogP contribution in [0.15, 0.2) is 0 Å². The smallest absolute Gasteiger partial charge is 0.109 e. The Balaban J connectivity index is 3.14. The molecule has 0 amide bonds. The number of thioether (sulfide) groups is 1. The second-order valence-corrected chi connectivity index (χ2v) is 2.83. The SMILES string of the molecule is CSC(C)C(C)F. The summed E-state index contributed by atoms with van der Waals surface area (Å²) in [5, 5.41) is 0.153. The third-order valence-corrected chi connectivity index (χ3v) is 2.14. The van der Waals surface area contributed by atoms with Crippen LogP contribution < -0.4 is 0 Å². The van der Waals surface area contributed by atoms with Crippen LogP contribution in [0.4, 0.5) is 4.39 Å². The van der Waals surface area contributed by atoms with Crippen molar-refractivity contribution in [2.45, 2.75) is 25.3 Å². The Morgan fingerprint density at radius 1 is 1.43 bits per heavy atom. The molecular weight excluding hydrogens is 111 g/mol. The zero-order chi connectivity index (χ0) is 5.86. The van der Waals surface area contributed by atoms with E-state index in [0.717, 1.165) is 0 Å². The van der Waals surface area contributed by atoms with Crippen LogP contribution in [0.25, 0.3) is 0 Å². The van der Waals surface area contributed by atoms with Gasteiger partial charge in [0, 0.05) is 5.25 Å². The molecule has 0 aromatic carbocycles. The summed E-state index contributed by atoms with van der Waals surface area (Å²) in [6.07, 6.45) is 1.25. The van der Waals surface area contributed by atoms with Crippen molar-refractivity contribution in [3.63, 3.8) is 0 Å². The van der Waals surface area contributed by atoms with E-state index in [1.165, 1.54) is 0 Å². The topological polar surface area (TPSA) is 0 Å². The zero-order valence-corrected chi connectivity index (χ0v) is 5.76. The van der Waals surface area contributed by atoms with Gasteiger partial charge >= 0.3 is 0 Å². The second kappa shape index (κ2) is 3.30. The number of alkyl halides is 1. The average molecular weight is 122 g/mol. The Morgan fingerprint density at radius 3 is 1.86 bits per heavy atom. The molecule has 0 aromatic heterocycles. The summed E-state index contributed by atoms with van der Waals surface area (Å²) in [5.74, 6) is 0. The van der Waals surface area contributed by atoms with Gasteiger partial charge in [0.15, 0.2) is 0 Å². The molecule has 0 fully saturated rings. The minimum absolute atomic E-state index is 0.153. The van der Waals surface area contributed by atoms with Crippen LogP contribution in [0.5, 0.6) is 0 Å². The lowest BCUT2D eigenvalue weighted by molar-refractivity contribution is 0.360. The summed E-state index contributed by atoms with van der Waals surface area (Å²) in [5.41, 5.74) is 0. The molecule has 0 radical (unpaired) electrons. The van der Waals surface area contributed by atoms with Crippen molar-refractivity contribution in [2.24, 2.45) is 0 Å². The molecule has 0 rings (SSSR count). The summed E-state index contributed by atoms with van der Waals surface area (Å²) in [6, 6.07) is 0. The first-order valence-corrected chi connectivity index (χ1v) is 3.64. The zero-order valence-electron chi connectivity index (χ0n) is 4.94. The summed E-state index contributed by atoms with van der Waals surface area (Å²) in [7, 11) is 0. The van der Waals surface area contributed by atoms with Gasteiger partial charge in [0.25, 0.3) is 0 Å². The molecule has 0 saturated carbocycles. The van der Waals surface area contributed by atoms with Crippen LogP contribution in [-0.4, -0.2) is 17.7 Å². The first-order valence-electron chi connectivity index (χ1n) is 2.35. The molecule has 0 saturated heterocycles. The van der Waals surface area contributed by atoms with E-state index >= 15 is 0 Å². The normalized spacial score (nSPS) is 18.9. The van der Waals surface area contributed by atoms with Crippen molar-refractivity contribution >= 4 is 11.8 Å². The summed E-state index contributed by atoms with van der Waals surface area (Å²) < 4.78 is 12.1. The Kier molecular flexibility index (Phi) is 3.44. The largest absolute Gasteiger partial charge is 0.247 e.